The highest BCUT2D eigenvalue weighted by Crippen LogP contribution is 2.04. The highest BCUT2D eigenvalue weighted by atomic mass is 32.1. The quantitative estimate of drug-likeness (QED) is 0.597. The standard InChI is InChI=1S/C7H6N4O3S/c12-5-2-11(3-6(13)9-5)7(14)4-1-8-15-10-4/h1H,2-3H2,(H,9,12,13). The van der Waals surface area contributed by atoms with Crippen LogP contribution >= 0.6 is 11.7 Å². The van der Waals surface area contributed by atoms with E-state index in [0.717, 1.165) is 16.6 Å². The molecule has 1 saturated heterocycles. The van der Waals surface area contributed by atoms with E-state index >= 15 is 0 Å². The topological polar surface area (TPSA) is 92.3 Å². The predicted octanol–water partition coefficient (Wildman–Crippen LogP) is -1.36. The van der Waals surface area contributed by atoms with Crippen LogP contribution in [0.5, 0.6) is 0 Å². The number of nitrogens with one attached hydrogen (secondary N) is 1. The Balaban J connectivity index is 2.14. The van der Waals surface area contributed by atoms with Crippen molar-refractivity contribution in [3.8, 4) is 0 Å². The average Bonchev–Trinajstić information content (AvgIpc) is 2.67. The Bertz CT molecular complexity index is 400. The van der Waals surface area contributed by atoms with Gasteiger partial charge in [0.05, 0.1) is 17.9 Å². The normalized spacial score (nSPS) is 16.4. The van der Waals surface area contributed by atoms with Crippen LogP contribution in [0, 0.1) is 0 Å². The van der Waals surface area contributed by atoms with Gasteiger partial charge in [-0.1, -0.05) is 0 Å². The Hall–Kier alpha value is -1.83. The minimum atomic E-state index is -0.484. The molecule has 1 aromatic rings. The van der Waals surface area contributed by atoms with E-state index in [1.165, 1.54) is 6.20 Å². The van der Waals surface area contributed by atoms with Gasteiger partial charge >= 0.3 is 0 Å². The zero-order valence-corrected chi connectivity index (χ0v) is 8.28. The van der Waals surface area contributed by atoms with Gasteiger partial charge in [0.25, 0.3) is 5.91 Å². The number of imide groups is 1. The molecule has 0 aromatic carbocycles. The van der Waals surface area contributed by atoms with E-state index in [1.54, 1.807) is 0 Å². The number of aromatic nitrogens is 2. The maximum atomic E-state index is 11.6. The Morgan fingerprint density at radius 2 is 2.07 bits per heavy atom. The van der Waals surface area contributed by atoms with Crippen LogP contribution in [0.2, 0.25) is 0 Å². The molecule has 0 radical (unpaired) electrons. The molecule has 7 nitrogen and oxygen atoms in total. The fourth-order valence-corrected chi connectivity index (χ4v) is 1.61. The summed E-state index contributed by atoms with van der Waals surface area (Å²) in [5, 5.41) is 2.10. The SMILES string of the molecule is O=C1CN(C(=O)c2cnsn2)CC(=O)N1. The maximum Gasteiger partial charge on any atom is 0.276 e. The molecule has 3 amide bonds. The Morgan fingerprint density at radius 1 is 1.40 bits per heavy atom. The number of piperazine rings is 1. The Labute approximate surface area is 88.4 Å². The third-order valence-electron chi connectivity index (χ3n) is 1.82. The monoisotopic (exact) mass is 226 g/mol. The number of amides is 3. The van der Waals surface area contributed by atoms with Crippen molar-refractivity contribution < 1.29 is 14.4 Å². The molecule has 1 aliphatic rings. The lowest BCUT2D eigenvalue weighted by atomic mass is 10.3. The molecule has 0 unspecified atom stereocenters. The summed E-state index contributed by atoms with van der Waals surface area (Å²) >= 11 is 0.901. The van der Waals surface area contributed by atoms with E-state index in [4.69, 9.17) is 0 Å². The van der Waals surface area contributed by atoms with Crippen molar-refractivity contribution in [3.63, 3.8) is 0 Å². The first kappa shape index (κ1) is 9.71. The molecule has 1 aromatic heterocycles. The minimum absolute atomic E-state index is 0.123. The Morgan fingerprint density at radius 3 is 2.60 bits per heavy atom. The molecule has 1 aliphatic heterocycles. The van der Waals surface area contributed by atoms with E-state index in [2.05, 4.69) is 14.1 Å². The van der Waals surface area contributed by atoms with Gasteiger partial charge in [0.2, 0.25) is 11.8 Å². The molecule has 15 heavy (non-hydrogen) atoms. The zero-order chi connectivity index (χ0) is 10.8. The second kappa shape index (κ2) is 3.73. The van der Waals surface area contributed by atoms with Gasteiger partial charge in [-0.3, -0.25) is 19.7 Å². The predicted molar refractivity (Wildman–Crippen MR) is 49.0 cm³/mol. The summed E-state index contributed by atoms with van der Waals surface area (Å²) in [6.07, 6.45) is 1.31. The van der Waals surface area contributed by atoms with Crippen LogP contribution in [-0.2, 0) is 9.59 Å². The molecule has 2 heterocycles. The number of carbonyl (C=O) groups excluding carboxylic acids is 3. The van der Waals surface area contributed by atoms with Crippen LogP contribution in [0.15, 0.2) is 6.20 Å². The summed E-state index contributed by atoms with van der Waals surface area (Å²) in [7, 11) is 0. The van der Waals surface area contributed by atoms with E-state index in [-0.39, 0.29) is 18.8 Å². The van der Waals surface area contributed by atoms with Crippen molar-refractivity contribution >= 4 is 29.4 Å². The summed E-state index contributed by atoms with van der Waals surface area (Å²) in [6.45, 7) is -0.246. The van der Waals surface area contributed by atoms with E-state index in [0.29, 0.717) is 0 Å². The van der Waals surface area contributed by atoms with Crippen molar-refractivity contribution in [2.75, 3.05) is 13.1 Å². The lowest BCUT2D eigenvalue weighted by molar-refractivity contribution is -0.135. The molecule has 0 aliphatic carbocycles. The van der Waals surface area contributed by atoms with E-state index in [1.807, 2.05) is 0 Å². The lowest BCUT2D eigenvalue weighted by Gasteiger charge is -2.24. The molecule has 0 saturated carbocycles. The largest absolute Gasteiger partial charge is 0.319 e. The van der Waals surface area contributed by atoms with Crippen molar-refractivity contribution in [1.29, 1.82) is 0 Å². The first-order valence-electron chi connectivity index (χ1n) is 4.06. The number of rotatable bonds is 1. The van der Waals surface area contributed by atoms with Crippen molar-refractivity contribution in [3.05, 3.63) is 11.9 Å². The zero-order valence-electron chi connectivity index (χ0n) is 7.47. The summed E-state index contributed by atoms with van der Waals surface area (Å²) in [5.74, 6) is -1.42. The number of hydrogen-bond acceptors (Lipinski definition) is 6. The second-order valence-corrected chi connectivity index (χ2v) is 3.48. The maximum absolute atomic E-state index is 11.6. The Kier molecular flexibility index (Phi) is 2.42. The highest BCUT2D eigenvalue weighted by molar-refractivity contribution is 6.99. The van der Waals surface area contributed by atoms with Gasteiger partial charge < -0.3 is 4.90 Å². The van der Waals surface area contributed by atoms with Gasteiger partial charge in [-0.2, -0.15) is 8.75 Å². The summed E-state index contributed by atoms with van der Waals surface area (Å²) in [6, 6.07) is 0. The molecule has 1 N–H and O–H groups in total. The summed E-state index contributed by atoms with van der Waals surface area (Å²) in [5.41, 5.74) is 0.155. The molecule has 0 spiro atoms. The highest BCUT2D eigenvalue weighted by Gasteiger charge is 2.28. The first-order valence-corrected chi connectivity index (χ1v) is 4.79. The minimum Gasteiger partial charge on any atom is -0.319 e. The first-order chi connectivity index (χ1) is 7.16. The molecule has 1 fully saturated rings. The van der Waals surface area contributed by atoms with Gasteiger partial charge in [0.1, 0.15) is 13.1 Å². The number of nitrogens with zero attached hydrogens (tertiary/aromatic N) is 3. The summed E-state index contributed by atoms with van der Waals surface area (Å²) < 4.78 is 7.41. The van der Waals surface area contributed by atoms with Crippen LogP contribution in [0.3, 0.4) is 0 Å². The van der Waals surface area contributed by atoms with Crippen molar-refractivity contribution in [2.24, 2.45) is 0 Å². The van der Waals surface area contributed by atoms with Crippen LogP contribution in [0.4, 0.5) is 0 Å². The lowest BCUT2D eigenvalue weighted by Crippen LogP contribution is -2.53. The molecule has 0 atom stereocenters. The summed E-state index contributed by atoms with van der Waals surface area (Å²) in [4.78, 5) is 34.8. The fraction of sp³-hybridized carbons (Fsp3) is 0.286. The van der Waals surface area contributed by atoms with Gasteiger partial charge in [-0.05, 0) is 0 Å². The molecule has 0 bridgehead atoms. The van der Waals surface area contributed by atoms with Crippen LogP contribution in [0.25, 0.3) is 0 Å². The van der Waals surface area contributed by atoms with Gasteiger partial charge in [-0.15, -0.1) is 0 Å². The molecule has 78 valence electrons. The van der Waals surface area contributed by atoms with E-state index in [9.17, 15) is 14.4 Å². The molecule has 8 heteroatoms. The van der Waals surface area contributed by atoms with Crippen LogP contribution < -0.4 is 5.32 Å². The van der Waals surface area contributed by atoms with Crippen molar-refractivity contribution in [2.45, 2.75) is 0 Å². The third-order valence-corrected chi connectivity index (χ3v) is 2.29. The van der Waals surface area contributed by atoms with Crippen molar-refractivity contribution in [1.82, 2.24) is 19.0 Å². The van der Waals surface area contributed by atoms with E-state index < -0.39 is 17.7 Å². The third kappa shape index (κ3) is 1.99. The fourth-order valence-electron chi connectivity index (χ4n) is 1.20. The van der Waals surface area contributed by atoms with Gasteiger partial charge in [0.15, 0.2) is 5.69 Å². The van der Waals surface area contributed by atoms with Crippen LogP contribution in [-0.4, -0.2) is 44.5 Å². The number of carbonyl (C=O) groups is 3. The van der Waals surface area contributed by atoms with Crippen LogP contribution in [0.1, 0.15) is 10.5 Å². The smallest absolute Gasteiger partial charge is 0.276 e. The molecular formula is C7H6N4O3S. The number of hydrogen-bond donors (Lipinski definition) is 1. The van der Waals surface area contributed by atoms with Gasteiger partial charge in [-0.25, -0.2) is 0 Å². The van der Waals surface area contributed by atoms with Gasteiger partial charge in [0, 0.05) is 0 Å². The molecule has 2 rings (SSSR count). The average molecular weight is 226 g/mol. The molecular weight excluding hydrogens is 220 g/mol. The second-order valence-electron chi connectivity index (χ2n) is 2.93.